The number of hydrogen-bond donors (Lipinski definition) is 0. The van der Waals surface area contributed by atoms with Crippen LogP contribution < -0.4 is 0 Å². The molecule has 0 saturated carbocycles. The van der Waals surface area contributed by atoms with Gasteiger partial charge < -0.3 is 0 Å². The van der Waals surface area contributed by atoms with Gasteiger partial charge in [-0.1, -0.05) is 27.4 Å². The van der Waals surface area contributed by atoms with Gasteiger partial charge in [0, 0.05) is 31.1 Å². The maximum Gasteiger partial charge on any atom is 0.155 e. The maximum atomic E-state index is 11.6. The molecule has 0 N–H and O–H groups in total. The predicted molar refractivity (Wildman–Crippen MR) is 72.4 cm³/mol. The minimum absolute atomic E-state index is 0.0911. The molecule has 0 amide bonds. The highest BCUT2D eigenvalue weighted by Gasteiger charge is 2.20. The summed E-state index contributed by atoms with van der Waals surface area (Å²) in [5, 5.41) is 0. The molecule has 0 aromatic rings. The molecule has 18 heavy (non-hydrogen) atoms. The Hall–Kier alpha value is -1.25. The normalized spacial score (nSPS) is 11.1. The van der Waals surface area contributed by atoms with Crippen LogP contribution in [0.1, 0.15) is 59.3 Å². The molecule has 0 bridgehead atoms. The van der Waals surface area contributed by atoms with Gasteiger partial charge in [-0.15, -0.1) is 0 Å². The first-order chi connectivity index (χ1) is 8.27. The van der Waals surface area contributed by atoms with E-state index in [1.807, 2.05) is 20.8 Å². The monoisotopic (exact) mass is 252 g/mol. The van der Waals surface area contributed by atoms with Crippen LogP contribution in [0.15, 0.2) is 12.7 Å². The lowest BCUT2D eigenvalue weighted by molar-refractivity contribution is -0.126. The second-order valence-electron chi connectivity index (χ2n) is 5.59. The Morgan fingerprint density at radius 2 is 1.50 bits per heavy atom. The fourth-order valence-corrected chi connectivity index (χ4v) is 1.47. The minimum Gasteiger partial charge on any atom is -0.300 e. The number of allylic oxidation sites excluding steroid dienone is 1. The molecule has 0 atom stereocenters. The first kappa shape index (κ1) is 16.8. The van der Waals surface area contributed by atoms with E-state index >= 15 is 0 Å². The van der Waals surface area contributed by atoms with Crippen LogP contribution in [0.4, 0.5) is 0 Å². The molecule has 0 heterocycles. The molecule has 0 aliphatic carbocycles. The van der Waals surface area contributed by atoms with Crippen molar-refractivity contribution >= 4 is 17.3 Å². The van der Waals surface area contributed by atoms with Crippen molar-refractivity contribution in [3.63, 3.8) is 0 Å². The van der Waals surface area contributed by atoms with Gasteiger partial charge in [0.05, 0.1) is 0 Å². The highest BCUT2D eigenvalue weighted by molar-refractivity contribution is 5.92. The zero-order chi connectivity index (χ0) is 14.2. The van der Waals surface area contributed by atoms with Gasteiger partial charge in [-0.05, 0) is 18.9 Å². The molecule has 0 unspecified atom stereocenters. The lowest BCUT2D eigenvalue weighted by atomic mass is 9.87. The Balaban J connectivity index is 3.67. The van der Waals surface area contributed by atoms with Gasteiger partial charge in [0.15, 0.2) is 5.78 Å². The lowest BCUT2D eigenvalue weighted by Crippen LogP contribution is -2.19. The molecule has 3 heteroatoms. The van der Waals surface area contributed by atoms with E-state index in [1.54, 1.807) is 0 Å². The summed E-state index contributed by atoms with van der Waals surface area (Å²) in [7, 11) is 0. The molecule has 0 saturated heterocycles. The summed E-state index contributed by atoms with van der Waals surface area (Å²) in [4.78, 5) is 34.0. The van der Waals surface area contributed by atoms with E-state index in [9.17, 15) is 14.4 Å². The Bertz CT molecular complexity index is 321. The van der Waals surface area contributed by atoms with Crippen molar-refractivity contribution in [2.45, 2.75) is 59.3 Å². The quantitative estimate of drug-likeness (QED) is 0.467. The van der Waals surface area contributed by atoms with Crippen molar-refractivity contribution in [3.05, 3.63) is 12.7 Å². The summed E-state index contributed by atoms with van der Waals surface area (Å²) in [6.45, 7) is 9.07. The molecule has 0 spiro atoms. The molecule has 0 aliphatic rings. The van der Waals surface area contributed by atoms with Gasteiger partial charge in [-0.25, -0.2) is 0 Å². The van der Waals surface area contributed by atoms with Crippen LogP contribution in [-0.2, 0) is 14.4 Å². The third-order valence-corrected chi connectivity index (χ3v) is 2.82. The summed E-state index contributed by atoms with van der Waals surface area (Å²) in [6, 6.07) is 0. The van der Waals surface area contributed by atoms with E-state index in [0.29, 0.717) is 12.8 Å². The largest absolute Gasteiger partial charge is 0.300 e. The van der Waals surface area contributed by atoms with Crippen LogP contribution >= 0.6 is 0 Å². The molecule has 0 radical (unpaired) electrons. The SMILES string of the molecule is C=CC(=O)CCC(=O)CCCCC(=O)C(C)(C)C. The number of carbonyl (C=O) groups excluding carboxylic acids is 3. The molecular formula is C15H24O3. The van der Waals surface area contributed by atoms with Crippen LogP contribution in [0.25, 0.3) is 0 Å². The lowest BCUT2D eigenvalue weighted by Gasteiger charge is -2.15. The third kappa shape index (κ3) is 7.93. The molecule has 102 valence electrons. The first-order valence-corrected chi connectivity index (χ1v) is 6.47. The van der Waals surface area contributed by atoms with Gasteiger partial charge in [0.25, 0.3) is 0 Å². The summed E-state index contributed by atoms with van der Waals surface area (Å²) in [5.41, 5.74) is -0.291. The van der Waals surface area contributed by atoms with E-state index in [2.05, 4.69) is 6.58 Å². The van der Waals surface area contributed by atoms with Crippen LogP contribution in [0.2, 0.25) is 0 Å². The van der Waals surface area contributed by atoms with Crippen molar-refractivity contribution in [2.24, 2.45) is 5.41 Å². The van der Waals surface area contributed by atoms with E-state index in [4.69, 9.17) is 0 Å². The molecule has 0 aromatic heterocycles. The van der Waals surface area contributed by atoms with E-state index in [1.165, 1.54) is 6.08 Å². The third-order valence-electron chi connectivity index (χ3n) is 2.82. The van der Waals surface area contributed by atoms with Gasteiger partial charge >= 0.3 is 0 Å². The van der Waals surface area contributed by atoms with Gasteiger partial charge in [-0.2, -0.15) is 0 Å². The maximum absolute atomic E-state index is 11.6. The van der Waals surface area contributed by atoms with Crippen LogP contribution in [0, 0.1) is 5.41 Å². The average Bonchev–Trinajstić information content (AvgIpc) is 2.29. The Kier molecular flexibility index (Phi) is 7.41. The van der Waals surface area contributed by atoms with Gasteiger partial charge in [0.2, 0.25) is 0 Å². The molecule has 0 aromatic carbocycles. The van der Waals surface area contributed by atoms with Gasteiger partial charge in [0.1, 0.15) is 11.6 Å². The number of rotatable bonds is 9. The molecule has 0 rings (SSSR count). The Morgan fingerprint density at radius 1 is 0.944 bits per heavy atom. The fraction of sp³-hybridized carbons (Fsp3) is 0.667. The summed E-state index contributed by atoms with van der Waals surface area (Å²) in [6.07, 6.45) is 4.25. The van der Waals surface area contributed by atoms with Crippen molar-refractivity contribution in [3.8, 4) is 0 Å². The standard InChI is InChI=1S/C15H24O3/c1-5-12(16)10-11-13(17)8-6-7-9-14(18)15(2,3)4/h5H,1,6-11H2,2-4H3. The summed E-state index contributed by atoms with van der Waals surface area (Å²) < 4.78 is 0. The average molecular weight is 252 g/mol. The van der Waals surface area contributed by atoms with E-state index in [-0.39, 0.29) is 35.6 Å². The predicted octanol–water partition coefficient (Wildman–Crippen LogP) is 3.27. The van der Waals surface area contributed by atoms with Crippen LogP contribution in [0.3, 0.4) is 0 Å². The topological polar surface area (TPSA) is 51.2 Å². The fourth-order valence-electron chi connectivity index (χ4n) is 1.47. The number of carbonyl (C=O) groups is 3. The van der Waals surface area contributed by atoms with Crippen LogP contribution in [0.5, 0.6) is 0 Å². The Morgan fingerprint density at radius 3 is 2.00 bits per heavy atom. The highest BCUT2D eigenvalue weighted by atomic mass is 16.1. The smallest absolute Gasteiger partial charge is 0.155 e. The zero-order valence-electron chi connectivity index (χ0n) is 11.8. The van der Waals surface area contributed by atoms with Crippen molar-refractivity contribution in [1.29, 1.82) is 0 Å². The molecule has 0 fully saturated rings. The van der Waals surface area contributed by atoms with E-state index in [0.717, 1.165) is 12.8 Å². The number of Topliss-reactive ketones (excluding diaryl/α,β-unsaturated/α-hetero) is 2. The van der Waals surface area contributed by atoms with Gasteiger partial charge in [-0.3, -0.25) is 14.4 Å². The second kappa shape index (κ2) is 7.96. The molecular weight excluding hydrogens is 228 g/mol. The first-order valence-electron chi connectivity index (χ1n) is 6.47. The minimum atomic E-state index is -0.291. The molecule has 3 nitrogen and oxygen atoms in total. The Labute approximate surface area is 110 Å². The van der Waals surface area contributed by atoms with Crippen molar-refractivity contribution < 1.29 is 14.4 Å². The zero-order valence-corrected chi connectivity index (χ0v) is 11.8. The number of ketones is 3. The highest BCUT2D eigenvalue weighted by Crippen LogP contribution is 2.18. The van der Waals surface area contributed by atoms with Crippen molar-refractivity contribution in [2.75, 3.05) is 0 Å². The van der Waals surface area contributed by atoms with Crippen molar-refractivity contribution in [1.82, 2.24) is 0 Å². The number of hydrogen-bond acceptors (Lipinski definition) is 3. The summed E-state index contributed by atoms with van der Waals surface area (Å²) >= 11 is 0. The van der Waals surface area contributed by atoms with Crippen LogP contribution in [-0.4, -0.2) is 17.3 Å². The molecule has 0 aliphatic heterocycles. The van der Waals surface area contributed by atoms with E-state index < -0.39 is 0 Å². The second-order valence-corrected chi connectivity index (χ2v) is 5.59. The summed E-state index contributed by atoms with van der Waals surface area (Å²) in [5.74, 6) is 0.233. The number of unbranched alkanes of at least 4 members (excludes halogenated alkanes) is 1.